The largest absolute Gasteiger partial charge is 0.387 e. The monoisotopic (exact) mass is 234 g/mol. The van der Waals surface area contributed by atoms with E-state index in [0.717, 1.165) is 11.9 Å². The van der Waals surface area contributed by atoms with Crippen LogP contribution >= 0.6 is 11.6 Å². The number of hydrogen-bond donors (Lipinski definition) is 2. The number of benzene rings is 1. The lowest BCUT2D eigenvalue weighted by Crippen LogP contribution is -2.09. The molecule has 1 rings (SSSR count). The van der Waals surface area contributed by atoms with Gasteiger partial charge in [0.25, 0.3) is 0 Å². The van der Waals surface area contributed by atoms with Crippen LogP contribution in [-0.2, 0) is 10.0 Å². The van der Waals surface area contributed by atoms with E-state index in [1.807, 2.05) is 0 Å². The highest BCUT2D eigenvalue weighted by Crippen LogP contribution is 2.25. The van der Waals surface area contributed by atoms with E-state index >= 15 is 0 Å². The van der Waals surface area contributed by atoms with Crippen LogP contribution in [0.15, 0.2) is 18.2 Å². The second kappa shape index (κ2) is 4.06. The lowest BCUT2D eigenvalue weighted by molar-refractivity contribution is 0.607. The summed E-state index contributed by atoms with van der Waals surface area (Å²) in [6, 6.07) is 4.89. The van der Waals surface area contributed by atoms with E-state index in [2.05, 4.69) is 10.0 Å². The molecule has 0 bridgehead atoms. The Kier molecular flexibility index (Phi) is 3.23. The van der Waals surface area contributed by atoms with E-state index in [9.17, 15) is 8.42 Å². The van der Waals surface area contributed by atoms with Crippen molar-refractivity contribution in [2.45, 2.75) is 0 Å². The molecule has 0 radical (unpaired) electrons. The topological polar surface area (TPSA) is 58.2 Å². The molecule has 0 aliphatic heterocycles. The van der Waals surface area contributed by atoms with Crippen LogP contribution in [0.3, 0.4) is 0 Å². The number of halogens is 1. The summed E-state index contributed by atoms with van der Waals surface area (Å²) in [6.07, 6.45) is 1.09. The normalized spacial score (nSPS) is 11.1. The van der Waals surface area contributed by atoms with Gasteiger partial charge in [-0.25, -0.2) is 8.42 Å². The Morgan fingerprint density at radius 1 is 1.36 bits per heavy atom. The predicted octanol–water partition coefficient (Wildman–Crippen LogP) is 1.75. The van der Waals surface area contributed by atoms with Crippen LogP contribution in [0.2, 0.25) is 5.02 Å². The van der Waals surface area contributed by atoms with Crippen molar-refractivity contribution >= 4 is 33.0 Å². The van der Waals surface area contributed by atoms with Crippen LogP contribution in [0.1, 0.15) is 0 Å². The fraction of sp³-hybridized carbons (Fsp3) is 0.250. The van der Waals surface area contributed by atoms with Crippen molar-refractivity contribution in [2.24, 2.45) is 0 Å². The Morgan fingerprint density at radius 2 is 2.00 bits per heavy atom. The molecule has 4 nitrogen and oxygen atoms in total. The van der Waals surface area contributed by atoms with E-state index in [1.54, 1.807) is 25.2 Å². The first-order valence-corrected chi connectivity index (χ1v) is 6.14. The molecule has 0 aliphatic carbocycles. The third-order valence-electron chi connectivity index (χ3n) is 1.54. The molecule has 0 saturated heterocycles. The molecule has 0 amide bonds. The molecule has 14 heavy (non-hydrogen) atoms. The first-order valence-electron chi connectivity index (χ1n) is 3.87. The Morgan fingerprint density at radius 3 is 2.43 bits per heavy atom. The van der Waals surface area contributed by atoms with Crippen molar-refractivity contribution < 1.29 is 8.42 Å². The fourth-order valence-corrected chi connectivity index (χ4v) is 1.83. The summed E-state index contributed by atoms with van der Waals surface area (Å²) in [7, 11) is -1.50. The molecular formula is C8H11ClN2O2S. The van der Waals surface area contributed by atoms with Gasteiger partial charge < -0.3 is 5.32 Å². The molecule has 0 aromatic heterocycles. The molecule has 0 fully saturated rings. The number of rotatable bonds is 3. The highest BCUT2D eigenvalue weighted by atomic mass is 35.5. The molecule has 0 aliphatic rings. The zero-order valence-electron chi connectivity index (χ0n) is 7.83. The van der Waals surface area contributed by atoms with E-state index in [4.69, 9.17) is 11.6 Å². The van der Waals surface area contributed by atoms with Gasteiger partial charge in [0, 0.05) is 7.05 Å². The summed E-state index contributed by atoms with van der Waals surface area (Å²) in [5.41, 5.74) is 1.21. The molecule has 0 saturated carbocycles. The van der Waals surface area contributed by atoms with Gasteiger partial charge in [0.1, 0.15) is 0 Å². The molecule has 1 aromatic rings. The van der Waals surface area contributed by atoms with Crippen LogP contribution in [0.4, 0.5) is 11.4 Å². The average molecular weight is 235 g/mol. The van der Waals surface area contributed by atoms with Gasteiger partial charge in [-0.15, -0.1) is 0 Å². The fourth-order valence-electron chi connectivity index (χ4n) is 0.995. The Labute approximate surface area is 88.3 Å². The number of anilines is 2. The van der Waals surface area contributed by atoms with E-state index in [1.165, 1.54) is 0 Å². The van der Waals surface area contributed by atoms with Crippen LogP contribution < -0.4 is 10.0 Å². The number of nitrogens with one attached hydrogen (secondary N) is 2. The van der Waals surface area contributed by atoms with Gasteiger partial charge in [-0.1, -0.05) is 11.6 Å². The van der Waals surface area contributed by atoms with Crippen LogP contribution in [0.5, 0.6) is 0 Å². The zero-order valence-corrected chi connectivity index (χ0v) is 9.41. The summed E-state index contributed by atoms with van der Waals surface area (Å²) in [4.78, 5) is 0. The first-order chi connectivity index (χ1) is 6.42. The summed E-state index contributed by atoms with van der Waals surface area (Å²) in [5.74, 6) is 0. The van der Waals surface area contributed by atoms with Crippen LogP contribution in [0, 0.1) is 0 Å². The third kappa shape index (κ3) is 3.08. The van der Waals surface area contributed by atoms with E-state index in [0.29, 0.717) is 10.7 Å². The smallest absolute Gasteiger partial charge is 0.229 e. The SMILES string of the molecule is CNc1ccc(NS(C)(=O)=O)cc1Cl. The molecule has 6 heteroatoms. The van der Waals surface area contributed by atoms with Gasteiger partial charge in [-0.3, -0.25) is 4.72 Å². The quantitative estimate of drug-likeness (QED) is 0.838. The predicted molar refractivity (Wildman–Crippen MR) is 59.5 cm³/mol. The first kappa shape index (κ1) is 11.1. The maximum Gasteiger partial charge on any atom is 0.229 e. The van der Waals surface area contributed by atoms with Crippen molar-refractivity contribution in [3.63, 3.8) is 0 Å². The Bertz CT molecular complexity index is 431. The maximum absolute atomic E-state index is 10.9. The Hall–Kier alpha value is -0.940. The second-order valence-corrected chi connectivity index (χ2v) is 4.97. The van der Waals surface area contributed by atoms with Gasteiger partial charge in [-0.05, 0) is 18.2 Å². The minimum Gasteiger partial charge on any atom is -0.387 e. The third-order valence-corrected chi connectivity index (χ3v) is 2.46. The molecule has 0 unspecified atom stereocenters. The van der Waals surface area contributed by atoms with E-state index in [-0.39, 0.29) is 0 Å². The molecule has 0 heterocycles. The Balaban J connectivity index is 2.98. The van der Waals surface area contributed by atoms with Crippen molar-refractivity contribution in [3.05, 3.63) is 23.2 Å². The molecule has 2 N–H and O–H groups in total. The van der Waals surface area contributed by atoms with Crippen molar-refractivity contribution in [2.75, 3.05) is 23.3 Å². The standard InChI is InChI=1S/C8H11ClN2O2S/c1-10-8-4-3-6(5-7(8)9)11-14(2,12)13/h3-5,10-11H,1-2H3. The van der Waals surface area contributed by atoms with Gasteiger partial charge >= 0.3 is 0 Å². The number of hydrogen-bond acceptors (Lipinski definition) is 3. The van der Waals surface area contributed by atoms with Gasteiger partial charge in [0.15, 0.2) is 0 Å². The molecular weight excluding hydrogens is 224 g/mol. The van der Waals surface area contributed by atoms with Crippen molar-refractivity contribution in [3.8, 4) is 0 Å². The van der Waals surface area contributed by atoms with Gasteiger partial charge in [0.2, 0.25) is 10.0 Å². The second-order valence-electron chi connectivity index (χ2n) is 2.82. The molecule has 1 aromatic carbocycles. The highest BCUT2D eigenvalue weighted by molar-refractivity contribution is 7.92. The lowest BCUT2D eigenvalue weighted by atomic mass is 10.3. The average Bonchev–Trinajstić information content (AvgIpc) is 2.01. The lowest BCUT2D eigenvalue weighted by Gasteiger charge is -2.07. The molecule has 0 spiro atoms. The summed E-state index contributed by atoms with van der Waals surface area (Å²) < 4.78 is 24.1. The van der Waals surface area contributed by atoms with Crippen molar-refractivity contribution in [1.82, 2.24) is 0 Å². The molecule has 78 valence electrons. The van der Waals surface area contributed by atoms with E-state index < -0.39 is 10.0 Å². The maximum atomic E-state index is 10.9. The van der Waals surface area contributed by atoms with Gasteiger partial charge in [-0.2, -0.15) is 0 Å². The highest BCUT2D eigenvalue weighted by Gasteiger charge is 2.04. The van der Waals surface area contributed by atoms with Crippen LogP contribution in [-0.4, -0.2) is 21.7 Å². The minimum atomic E-state index is -3.24. The zero-order chi connectivity index (χ0) is 10.8. The summed E-state index contributed by atoms with van der Waals surface area (Å²) in [5, 5.41) is 3.35. The van der Waals surface area contributed by atoms with Crippen LogP contribution in [0.25, 0.3) is 0 Å². The van der Waals surface area contributed by atoms with Gasteiger partial charge in [0.05, 0.1) is 22.7 Å². The minimum absolute atomic E-state index is 0.455. The molecule has 0 atom stereocenters. The summed E-state index contributed by atoms with van der Waals surface area (Å²) >= 11 is 5.86. The summed E-state index contributed by atoms with van der Waals surface area (Å²) in [6.45, 7) is 0. The number of sulfonamides is 1. The van der Waals surface area contributed by atoms with Crippen molar-refractivity contribution in [1.29, 1.82) is 0 Å².